The number of rotatable bonds is 39. The molecular weight excluding hydrogens is 1310 g/mol. The number of hydrogen-bond acceptors (Lipinski definition) is 5. The Morgan fingerprint density at radius 1 is 0.292 bits per heavy atom. The van der Waals surface area contributed by atoms with Crippen LogP contribution in [0.25, 0.3) is 88.9 Å². The van der Waals surface area contributed by atoms with Crippen LogP contribution in [0, 0.1) is 27.7 Å². The summed E-state index contributed by atoms with van der Waals surface area (Å²) in [6.45, 7) is 13.6. The lowest BCUT2D eigenvalue weighted by Crippen LogP contribution is -2.26. The van der Waals surface area contributed by atoms with Gasteiger partial charge in [0.15, 0.2) is 0 Å². The standard InChI is InChI=1S/C99H114N2O4S/c1-7-9-11-13-25-31-55-97(56-32-26-14-12-10-8-2)85-62-71(41-50-77(85)78-52-43-73(64-86(78)97)74-44-53-84-83-48-39-69(5)61-91(83)99(92(84)65-74)89-59-67(3)37-46-81(89)82-47-38-68(4)60-90(82)99)72-42-51-79-80-54-45-75(76-49-40-70(6)95-96(76)101-106-100-95)66-88(80)98(87(79)63-72,57-33-27-21-17-15-19-23-29-35-93(102)103)58-34-28-22-18-16-20-24-30-36-94(104)105/h37-54,59-66H,7-36,55-58H2,1-6H3,(H,102,103)(H,104,105). The van der Waals surface area contributed by atoms with Gasteiger partial charge in [0.25, 0.3) is 0 Å². The maximum Gasteiger partial charge on any atom is 0.303 e. The Labute approximate surface area is 637 Å². The number of fused-ring (bicyclic) bond motifs is 17. The van der Waals surface area contributed by atoms with Crippen molar-refractivity contribution in [3.05, 3.63) is 224 Å². The van der Waals surface area contributed by atoms with E-state index in [9.17, 15) is 19.8 Å². The maximum absolute atomic E-state index is 11.3. The van der Waals surface area contributed by atoms with Crippen LogP contribution in [0.3, 0.4) is 0 Å². The minimum absolute atomic E-state index is 0.158. The first-order valence-corrected chi connectivity index (χ1v) is 42.2. The zero-order chi connectivity index (χ0) is 73.4. The maximum atomic E-state index is 11.3. The van der Waals surface area contributed by atoms with Crippen LogP contribution in [0.1, 0.15) is 299 Å². The molecule has 14 rings (SSSR count). The Morgan fingerprint density at radius 3 is 0.906 bits per heavy atom. The number of carboxylic acids is 2. The topological polar surface area (TPSA) is 100 Å². The molecule has 9 aromatic carbocycles. The van der Waals surface area contributed by atoms with Crippen molar-refractivity contribution in [3.8, 4) is 77.9 Å². The van der Waals surface area contributed by atoms with E-state index in [1.54, 1.807) is 0 Å². The van der Waals surface area contributed by atoms with E-state index < -0.39 is 17.4 Å². The highest BCUT2D eigenvalue weighted by Gasteiger charge is 2.53. The first-order chi connectivity index (χ1) is 51.8. The molecule has 2 N–H and O–H groups in total. The van der Waals surface area contributed by atoms with Crippen molar-refractivity contribution in [1.82, 2.24) is 8.75 Å². The molecule has 4 aliphatic rings. The fourth-order valence-corrected chi connectivity index (χ4v) is 20.6. The summed E-state index contributed by atoms with van der Waals surface area (Å²) < 4.78 is 9.75. The van der Waals surface area contributed by atoms with Gasteiger partial charge >= 0.3 is 11.9 Å². The molecule has 1 spiro atoms. The third kappa shape index (κ3) is 14.8. The van der Waals surface area contributed by atoms with Crippen LogP contribution in [-0.2, 0) is 25.8 Å². The van der Waals surface area contributed by atoms with Crippen molar-refractivity contribution >= 4 is 34.7 Å². The molecule has 10 aromatic rings. The fourth-order valence-electron chi connectivity index (χ4n) is 19.9. The molecule has 0 saturated heterocycles. The van der Waals surface area contributed by atoms with E-state index in [1.165, 1.54) is 261 Å². The molecule has 0 radical (unpaired) electrons. The van der Waals surface area contributed by atoms with Crippen LogP contribution in [0.2, 0.25) is 0 Å². The summed E-state index contributed by atoms with van der Waals surface area (Å²) in [4.78, 5) is 22.6. The number of hydrogen-bond donors (Lipinski definition) is 2. The van der Waals surface area contributed by atoms with Gasteiger partial charge in [-0.2, -0.15) is 8.75 Å². The van der Waals surface area contributed by atoms with E-state index in [0.29, 0.717) is 0 Å². The summed E-state index contributed by atoms with van der Waals surface area (Å²) in [5.41, 5.74) is 36.5. The van der Waals surface area contributed by atoms with Gasteiger partial charge in [0.2, 0.25) is 0 Å². The van der Waals surface area contributed by atoms with Gasteiger partial charge in [0, 0.05) is 29.2 Å². The molecule has 0 bridgehead atoms. The first kappa shape index (κ1) is 74.6. The highest BCUT2D eigenvalue weighted by atomic mass is 32.1. The van der Waals surface area contributed by atoms with Gasteiger partial charge in [-0.1, -0.05) is 325 Å². The van der Waals surface area contributed by atoms with Crippen molar-refractivity contribution < 1.29 is 19.8 Å². The zero-order valence-electron chi connectivity index (χ0n) is 64.6. The molecule has 0 unspecified atom stereocenters. The molecule has 7 heteroatoms. The predicted octanol–water partition coefficient (Wildman–Crippen LogP) is 28.3. The molecule has 1 aromatic heterocycles. The summed E-state index contributed by atoms with van der Waals surface area (Å²) in [7, 11) is 0. The summed E-state index contributed by atoms with van der Waals surface area (Å²) >= 11 is 1.31. The van der Waals surface area contributed by atoms with Gasteiger partial charge in [-0.05, 0) is 219 Å². The SMILES string of the molecule is CCCCCCCCC1(CCCCCCCC)c2cc(-c3ccc4c(c3)C(CCCCCCCCCCC(=O)O)(CCCCCCCCCCC(=O)O)c3cc(-c5ccc(C)c6nsnc56)ccc3-4)ccc2-c2ccc(-c3ccc4c(c3)C3(c5cc(C)ccc5-c5ccc(C)cc53)c3cc(C)ccc3-4)cc21. The van der Waals surface area contributed by atoms with Crippen LogP contribution in [-0.4, -0.2) is 30.9 Å². The van der Waals surface area contributed by atoms with E-state index in [0.717, 1.165) is 112 Å². The van der Waals surface area contributed by atoms with E-state index >= 15 is 0 Å². The number of benzene rings is 9. The number of aromatic nitrogens is 2. The van der Waals surface area contributed by atoms with Crippen molar-refractivity contribution in [2.45, 2.75) is 276 Å². The van der Waals surface area contributed by atoms with Gasteiger partial charge < -0.3 is 10.2 Å². The lowest BCUT2D eigenvalue weighted by Gasteiger charge is -2.34. The van der Waals surface area contributed by atoms with Crippen LogP contribution in [0.15, 0.2) is 158 Å². The lowest BCUT2D eigenvalue weighted by molar-refractivity contribution is -0.138. The van der Waals surface area contributed by atoms with Gasteiger partial charge in [-0.3, -0.25) is 9.59 Å². The molecule has 6 nitrogen and oxygen atoms in total. The van der Waals surface area contributed by atoms with Crippen molar-refractivity contribution in [3.63, 3.8) is 0 Å². The Kier molecular flexibility index (Phi) is 23.6. The largest absolute Gasteiger partial charge is 0.481 e. The normalized spacial score (nSPS) is 14.1. The zero-order valence-corrected chi connectivity index (χ0v) is 65.4. The molecule has 0 atom stereocenters. The third-order valence-electron chi connectivity index (χ3n) is 25.5. The predicted molar refractivity (Wildman–Crippen MR) is 445 cm³/mol. The van der Waals surface area contributed by atoms with Crippen LogP contribution in [0.5, 0.6) is 0 Å². The molecule has 1 heterocycles. The summed E-state index contributed by atoms with van der Waals surface area (Å²) in [6.07, 6.45) is 37.5. The first-order valence-electron chi connectivity index (χ1n) is 41.5. The van der Waals surface area contributed by atoms with E-state index in [4.69, 9.17) is 8.75 Å². The van der Waals surface area contributed by atoms with Crippen molar-refractivity contribution in [1.29, 1.82) is 0 Å². The quantitative estimate of drug-likeness (QED) is 0.0372. The van der Waals surface area contributed by atoms with Gasteiger partial charge in [0.1, 0.15) is 11.0 Å². The minimum atomic E-state index is -0.692. The van der Waals surface area contributed by atoms with Gasteiger partial charge in [0.05, 0.1) is 17.1 Å². The molecular formula is C99H114N2O4S. The molecule has 106 heavy (non-hydrogen) atoms. The second-order valence-corrected chi connectivity index (χ2v) is 33.3. The molecule has 0 aliphatic heterocycles. The molecule has 0 saturated carbocycles. The van der Waals surface area contributed by atoms with E-state index in [2.05, 4.69) is 199 Å². The van der Waals surface area contributed by atoms with Gasteiger partial charge in [-0.15, -0.1) is 0 Å². The third-order valence-corrected chi connectivity index (χ3v) is 26.0. The number of carboxylic acid groups (broad SMARTS) is 2. The second-order valence-electron chi connectivity index (χ2n) is 32.7. The van der Waals surface area contributed by atoms with E-state index in [-0.39, 0.29) is 23.7 Å². The number of aryl methyl sites for hydroxylation is 4. The fraction of sp³-hybridized carbons (Fsp3) is 0.434. The monoisotopic (exact) mass is 1430 g/mol. The molecule has 550 valence electrons. The number of carbonyl (C=O) groups is 2. The van der Waals surface area contributed by atoms with Crippen LogP contribution < -0.4 is 0 Å². The average molecular weight is 1430 g/mol. The second kappa shape index (κ2) is 33.5. The van der Waals surface area contributed by atoms with Crippen LogP contribution >= 0.6 is 11.7 Å². The number of aliphatic carboxylic acids is 2. The summed E-state index contributed by atoms with van der Waals surface area (Å²) in [5.74, 6) is -1.38. The van der Waals surface area contributed by atoms with Crippen molar-refractivity contribution in [2.75, 3.05) is 0 Å². The average Bonchev–Trinajstić information content (AvgIpc) is 1.51. The number of unbranched alkanes of at least 4 members (excludes halogenated alkanes) is 24. The minimum Gasteiger partial charge on any atom is -0.481 e. The lowest BCUT2D eigenvalue weighted by atomic mass is 9.69. The number of nitrogens with zero attached hydrogens (tertiary/aromatic N) is 2. The highest BCUT2D eigenvalue weighted by molar-refractivity contribution is 7.00. The Bertz CT molecular complexity index is 4690. The smallest absolute Gasteiger partial charge is 0.303 e. The Morgan fingerprint density at radius 2 is 0.557 bits per heavy atom. The molecule has 4 aliphatic carbocycles. The van der Waals surface area contributed by atoms with E-state index in [1.807, 2.05) is 0 Å². The Hall–Kier alpha value is -8.26. The molecule has 0 amide bonds. The van der Waals surface area contributed by atoms with Gasteiger partial charge in [-0.25, -0.2) is 0 Å². The summed E-state index contributed by atoms with van der Waals surface area (Å²) in [6, 6.07) is 64.2. The Balaban J connectivity index is 0.866. The van der Waals surface area contributed by atoms with Crippen molar-refractivity contribution in [2.24, 2.45) is 0 Å². The molecule has 0 fully saturated rings. The van der Waals surface area contributed by atoms with Crippen LogP contribution in [0.4, 0.5) is 0 Å². The highest BCUT2D eigenvalue weighted by Crippen LogP contribution is 2.65. The summed E-state index contributed by atoms with van der Waals surface area (Å²) in [5, 5.41) is 18.6.